The number of aromatic nitrogens is 1. The van der Waals surface area contributed by atoms with E-state index in [2.05, 4.69) is 10.3 Å². The molecule has 23 heavy (non-hydrogen) atoms. The molecule has 1 aliphatic rings. The van der Waals surface area contributed by atoms with E-state index in [9.17, 15) is 9.59 Å². The molecule has 122 valence electrons. The maximum absolute atomic E-state index is 12.3. The molecule has 0 aliphatic carbocycles. The first-order valence-electron chi connectivity index (χ1n) is 6.88. The Morgan fingerprint density at radius 3 is 2.09 bits per heavy atom. The minimum Gasteiger partial charge on any atom is -0.466 e. The lowest BCUT2D eigenvalue weighted by Crippen LogP contribution is -2.32. The molecule has 1 N–H and O–H groups in total. The summed E-state index contributed by atoms with van der Waals surface area (Å²) in [7, 11) is 2.57. The fourth-order valence-corrected chi connectivity index (χ4v) is 2.91. The molecule has 1 aromatic rings. The second-order valence-electron chi connectivity index (χ2n) is 5.00. The zero-order valence-electron chi connectivity index (χ0n) is 13.3. The van der Waals surface area contributed by atoms with E-state index in [4.69, 9.17) is 21.1 Å². The number of allylic oxidation sites excluding steroid dienone is 2. The first-order chi connectivity index (χ1) is 10.9. The van der Waals surface area contributed by atoms with Gasteiger partial charge in [0.1, 0.15) is 5.15 Å². The predicted molar refractivity (Wildman–Crippen MR) is 84.6 cm³/mol. The molecule has 2 heterocycles. The van der Waals surface area contributed by atoms with Crippen LogP contribution in [0.2, 0.25) is 5.15 Å². The van der Waals surface area contributed by atoms with Crippen LogP contribution in [0.4, 0.5) is 0 Å². The molecule has 0 bridgehead atoms. The molecular weight excluding hydrogens is 320 g/mol. The van der Waals surface area contributed by atoms with E-state index in [-0.39, 0.29) is 5.15 Å². The van der Waals surface area contributed by atoms with Gasteiger partial charge in [-0.1, -0.05) is 17.7 Å². The third-order valence-electron chi connectivity index (χ3n) is 3.67. The number of methoxy groups -OCH3 is 2. The average Bonchev–Trinajstić information content (AvgIpc) is 2.53. The lowest BCUT2D eigenvalue weighted by atomic mass is 9.81. The van der Waals surface area contributed by atoms with E-state index in [0.717, 1.165) is 0 Å². The Bertz CT molecular complexity index is 687. The summed E-state index contributed by atoms with van der Waals surface area (Å²) in [4.78, 5) is 28.6. The van der Waals surface area contributed by atoms with Crippen LogP contribution < -0.4 is 5.32 Å². The van der Waals surface area contributed by atoms with E-state index in [1.165, 1.54) is 20.4 Å². The van der Waals surface area contributed by atoms with Gasteiger partial charge in [-0.3, -0.25) is 0 Å². The minimum absolute atomic E-state index is 0.211. The average molecular weight is 337 g/mol. The largest absolute Gasteiger partial charge is 0.466 e. The molecule has 0 amide bonds. The van der Waals surface area contributed by atoms with Crippen molar-refractivity contribution in [2.75, 3.05) is 14.2 Å². The zero-order chi connectivity index (χ0) is 17.1. The minimum atomic E-state index is -0.711. The molecule has 0 saturated carbocycles. The number of pyridine rings is 1. The molecule has 0 fully saturated rings. The van der Waals surface area contributed by atoms with Gasteiger partial charge in [0.15, 0.2) is 0 Å². The Morgan fingerprint density at radius 1 is 1.13 bits per heavy atom. The summed E-state index contributed by atoms with van der Waals surface area (Å²) in [6.45, 7) is 3.47. The summed E-state index contributed by atoms with van der Waals surface area (Å²) in [5.41, 5.74) is 2.32. The highest BCUT2D eigenvalue weighted by Gasteiger charge is 2.38. The Labute approximate surface area is 139 Å². The van der Waals surface area contributed by atoms with Crippen molar-refractivity contribution in [1.82, 2.24) is 10.3 Å². The number of hydrogen-bond acceptors (Lipinski definition) is 6. The number of halogens is 1. The van der Waals surface area contributed by atoms with Crippen LogP contribution in [-0.4, -0.2) is 31.1 Å². The van der Waals surface area contributed by atoms with E-state index < -0.39 is 17.9 Å². The van der Waals surface area contributed by atoms with Gasteiger partial charge in [0.25, 0.3) is 0 Å². The van der Waals surface area contributed by atoms with Crippen LogP contribution in [0.15, 0.2) is 40.9 Å². The molecule has 6 nitrogen and oxygen atoms in total. The molecule has 0 saturated heterocycles. The van der Waals surface area contributed by atoms with Gasteiger partial charge < -0.3 is 14.8 Å². The molecule has 2 rings (SSSR count). The quantitative estimate of drug-likeness (QED) is 0.674. The maximum Gasteiger partial charge on any atom is 0.336 e. The van der Waals surface area contributed by atoms with Gasteiger partial charge in [-0.2, -0.15) is 0 Å². The van der Waals surface area contributed by atoms with Crippen LogP contribution in [0.25, 0.3) is 0 Å². The number of carbonyl (C=O) groups excluding carboxylic acids is 2. The van der Waals surface area contributed by atoms with Crippen LogP contribution in [0.3, 0.4) is 0 Å². The van der Waals surface area contributed by atoms with Gasteiger partial charge in [-0.15, -0.1) is 0 Å². The van der Waals surface area contributed by atoms with Crippen molar-refractivity contribution in [3.05, 3.63) is 51.6 Å². The van der Waals surface area contributed by atoms with Gasteiger partial charge in [0.2, 0.25) is 0 Å². The Hall–Kier alpha value is -2.34. The number of dihydropyridines is 1. The van der Waals surface area contributed by atoms with Crippen LogP contribution >= 0.6 is 11.6 Å². The number of carbonyl (C=O) groups is 2. The summed E-state index contributed by atoms with van der Waals surface area (Å²) in [6, 6.07) is 3.41. The van der Waals surface area contributed by atoms with Gasteiger partial charge in [-0.25, -0.2) is 14.6 Å². The lowest BCUT2D eigenvalue weighted by Gasteiger charge is -2.30. The molecular formula is C16H17ClN2O4. The smallest absolute Gasteiger partial charge is 0.336 e. The zero-order valence-corrected chi connectivity index (χ0v) is 14.0. The van der Waals surface area contributed by atoms with Crippen molar-refractivity contribution >= 4 is 23.5 Å². The highest BCUT2D eigenvalue weighted by molar-refractivity contribution is 6.30. The third kappa shape index (κ3) is 3.07. The summed E-state index contributed by atoms with van der Waals surface area (Å²) < 4.78 is 9.75. The van der Waals surface area contributed by atoms with Gasteiger partial charge in [0, 0.05) is 23.2 Å². The fraction of sp³-hybridized carbons (Fsp3) is 0.312. The first kappa shape index (κ1) is 17.0. The molecule has 0 aromatic carbocycles. The van der Waals surface area contributed by atoms with E-state index >= 15 is 0 Å². The van der Waals surface area contributed by atoms with Crippen LogP contribution in [0.1, 0.15) is 25.3 Å². The van der Waals surface area contributed by atoms with Crippen molar-refractivity contribution in [3.8, 4) is 0 Å². The molecule has 0 atom stereocenters. The van der Waals surface area contributed by atoms with Crippen molar-refractivity contribution in [2.24, 2.45) is 0 Å². The molecule has 7 heteroatoms. The second kappa shape index (κ2) is 6.83. The maximum atomic E-state index is 12.3. The van der Waals surface area contributed by atoms with Crippen LogP contribution in [-0.2, 0) is 19.1 Å². The number of nitrogens with zero attached hydrogens (tertiary/aromatic N) is 1. The number of hydrogen-bond donors (Lipinski definition) is 1. The Morgan fingerprint density at radius 2 is 1.65 bits per heavy atom. The first-order valence-corrected chi connectivity index (χ1v) is 7.25. The third-order valence-corrected chi connectivity index (χ3v) is 3.99. The molecule has 1 aromatic heterocycles. The van der Waals surface area contributed by atoms with Crippen molar-refractivity contribution in [2.45, 2.75) is 19.8 Å². The molecule has 0 spiro atoms. The molecule has 0 radical (unpaired) electrons. The molecule has 0 unspecified atom stereocenters. The summed E-state index contributed by atoms with van der Waals surface area (Å²) >= 11 is 6.20. The number of rotatable bonds is 3. The van der Waals surface area contributed by atoms with Crippen molar-refractivity contribution < 1.29 is 19.1 Å². The number of nitrogens with one attached hydrogen (secondary N) is 1. The fourth-order valence-electron chi connectivity index (χ4n) is 2.68. The lowest BCUT2D eigenvalue weighted by molar-refractivity contribution is -0.137. The van der Waals surface area contributed by atoms with Crippen LogP contribution in [0, 0.1) is 0 Å². The van der Waals surface area contributed by atoms with E-state index in [0.29, 0.717) is 28.1 Å². The SMILES string of the molecule is COC(=O)C1=C(C)NC(C)=C(C(=O)OC)C1c1cccnc1Cl. The standard InChI is InChI=1S/C16H17ClN2O4/c1-8-11(15(20)22-3)13(10-6-5-7-18-14(10)17)12(9(2)19-8)16(21)23-4/h5-7,13,19H,1-4H3. The monoisotopic (exact) mass is 336 g/mol. The Kier molecular flexibility index (Phi) is 5.05. The second-order valence-corrected chi connectivity index (χ2v) is 5.36. The van der Waals surface area contributed by atoms with E-state index in [1.54, 1.807) is 26.0 Å². The summed E-state index contributed by atoms with van der Waals surface area (Å²) in [5.74, 6) is -1.81. The highest BCUT2D eigenvalue weighted by atomic mass is 35.5. The van der Waals surface area contributed by atoms with Crippen LogP contribution in [0.5, 0.6) is 0 Å². The number of ether oxygens (including phenoxy) is 2. The molecule has 1 aliphatic heterocycles. The Balaban J connectivity index is 2.73. The van der Waals surface area contributed by atoms with E-state index in [1.807, 2.05) is 0 Å². The normalized spacial score (nSPS) is 15.3. The topological polar surface area (TPSA) is 77.5 Å². The summed E-state index contributed by atoms with van der Waals surface area (Å²) in [5, 5.41) is 3.23. The number of esters is 2. The predicted octanol–water partition coefficient (Wildman–Crippen LogP) is 2.32. The van der Waals surface area contributed by atoms with Crippen molar-refractivity contribution in [3.63, 3.8) is 0 Å². The van der Waals surface area contributed by atoms with Gasteiger partial charge in [0.05, 0.1) is 31.3 Å². The summed E-state index contributed by atoms with van der Waals surface area (Å²) in [6.07, 6.45) is 1.54. The van der Waals surface area contributed by atoms with Gasteiger partial charge >= 0.3 is 11.9 Å². The highest BCUT2D eigenvalue weighted by Crippen LogP contribution is 2.40. The van der Waals surface area contributed by atoms with Crippen molar-refractivity contribution in [1.29, 1.82) is 0 Å². The van der Waals surface area contributed by atoms with Gasteiger partial charge in [-0.05, 0) is 19.9 Å².